The maximum Gasteiger partial charge on any atom is 0.226 e. The Morgan fingerprint density at radius 3 is 2.67 bits per heavy atom. The average Bonchev–Trinajstić information content (AvgIpc) is 3.16. The lowest BCUT2D eigenvalue weighted by atomic mass is 10.1. The maximum absolute atomic E-state index is 5.40. The molecule has 5 heteroatoms. The number of para-hydroxylation sites is 1. The van der Waals surface area contributed by atoms with Crippen molar-refractivity contribution in [3.63, 3.8) is 0 Å². The first-order chi connectivity index (χ1) is 13.2. The van der Waals surface area contributed by atoms with Crippen LogP contribution in [-0.4, -0.2) is 15.1 Å². The van der Waals surface area contributed by atoms with Gasteiger partial charge < -0.3 is 9.84 Å². The molecule has 2 aromatic carbocycles. The monoisotopic (exact) mass is 358 g/mol. The number of hydrogen-bond donors (Lipinski definition) is 1. The van der Waals surface area contributed by atoms with Gasteiger partial charge in [0.2, 0.25) is 11.7 Å². The first kappa shape index (κ1) is 17.2. The lowest BCUT2D eigenvalue weighted by Gasteiger charge is -2.12. The number of aryl methyl sites for hydroxylation is 2. The summed E-state index contributed by atoms with van der Waals surface area (Å²) in [6, 6.07) is 18.5. The van der Waals surface area contributed by atoms with Crippen molar-refractivity contribution in [3.8, 4) is 11.4 Å². The van der Waals surface area contributed by atoms with E-state index < -0.39 is 0 Å². The fraction of sp³-hybridized carbons (Fsp3) is 0.227. The van der Waals surface area contributed by atoms with Crippen LogP contribution in [-0.2, 0) is 13.0 Å². The van der Waals surface area contributed by atoms with E-state index in [1.807, 2.05) is 24.3 Å². The number of benzene rings is 2. The number of nitrogens with one attached hydrogen (secondary N) is 1. The number of hydrogen-bond acceptors (Lipinski definition) is 5. The zero-order chi connectivity index (χ0) is 18.6. The summed E-state index contributed by atoms with van der Waals surface area (Å²) in [6.45, 7) is 4.85. The van der Waals surface area contributed by atoms with Crippen molar-refractivity contribution in [2.24, 2.45) is 0 Å². The van der Waals surface area contributed by atoms with Gasteiger partial charge in [0.15, 0.2) is 0 Å². The third-order valence-corrected chi connectivity index (χ3v) is 4.52. The number of rotatable bonds is 6. The fourth-order valence-corrected chi connectivity index (χ4v) is 3.11. The molecule has 1 N–H and O–H groups in total. The van der Waals surface area contributed by atoms with Crippen LogP contribution in [0.5, 0.6) is 0 Å². The molecule has 0 unspecified atom stereocenters. The molecule has 4 rings (SSSR count). The Morgan fingerprint density at radius 1 is 1.00 bits per heavy atom. The number of anilines is 1. The van der Waals surface area contributed by atoms with Crippen LogP contribution in [0.1, 0.15) is 30.4 Å². The van der Waals surface area contributed by atoms with Crippen molar-refractivity contribution in [1.29, 1.82) is 0 Å². The number of fused-ring (bicyclic) bond motifs is 1. The number of nitrogens with zero attached hydrogens (tertiary/aromatic N) is 3. The second-order valence-electron chi connectivity index (χ2n) is 6.63. The summed E-state index contributed by atoms with van der Waals surface area (Å²) < 4.78 is 5.40. The molecule has 4 aromatic rings. The lowest BCUT2D eigenvalue weighted by Crippen LogP contribution is -2.04. The van der Waals surface area contributed by atoms with Crippen LogP contribution in [0.15, 0.2) is 59.1 Å². The quantitative estimate of drug-likeness (QED) is 0.516. The highest BCUT2D eigenvalue weighted by atomic mass is 16.5. The van der Waals surface area contributed by atoms with E-state index in [1.54, 1.807) is 0 Å². The topological polar surface area (TPSA) is 63.8 Å². The predicted octanol–water partition coefficient (Wildman–Crippen LogP) is 5.16. The molecule has 2 heterocycles. The van der Waals surface area contributed by atoms with Gasteiger partial charge in [0.1, 0.15) is 5.82 Å². The Kier molecular flexibility index (Phi) is 4.83. The van der Waals surface area contributed by atoms with Gasteiger partial charge >= 0.3 is 0 Å². The van der Waals surface area contributed by atoms with Gasteiger partial charge in [-0.15, -0.1) is 0 Å². The van der Waals surface area contributed by atoms with Crippen LogP contribution < -0.4 is 5.32 Å². The maximum atomic E-state index is 5.40. The normalized spacial score (nSPS) is 11.0. The van der Waals surface area contributed by atoms with E-state index in [2.05, 4.69) is 59.6 Å². The van der Waals surface area contributed by atoms with Crippen LogP contribution in [0.4, 0.5) is 5.82 Å². The molecule has 0 radical (unpaired) electrons. The van der Waals surface area contributed by atoms with Gasteiger partial charge in [-0.3, -0.25) is 0 Å². The Hall–Kier alpha value is -3.21. The third kappa shape index (κ3) is 3.67. The Balaban J connectivity index is 1.76. The van der Waals surface area contributed by atoms with Crippen molar-refractivity contribution in [1.82, 2.24) is 15.1 Å². The minimum Gasteiger partial charge on any atom is -0.365 e. The predicted molar refractivity (Wildman–Crippen MR) is 108 cm³/mol. The average molecular weight is 358 g/mol. The van der Waals surface area contributed by atoms with Crippen molar-refractivity contribution >= 4 is 16.7 Å². The van der Waals surface area contributed by atoms with E-state index >= 15 is 0 Å². The van der Waals surface area contributed by atoms with Crippen molar-refractivity contribution in [3.05, 3.63) is 71.6 Å². The first-order valence-corrected chi connectivity index (χ1v) is 9.25. The van der Waals surface area contributed by atoms with Gasteiger partial charge in [-0.05, 0) is 30.5 Å². The molecule has 0 amide bonds. The summed E-state index contributed by atoms with van der Waals surface area (Å²) in [7, 11) is 0. The van der Waals surface area contributed by atoms with Crippen LogP contribution in [0, 0.1) is 6.92 Å². The van der Waals surface area contributed by atoms with Gasteiger partial charge in [0.25, 0.3) is 0 Å². The summed E-state index contributed by atoms with van der Waals surface area (Å²) >= 11 is 0. The molecule has 0 spiro atoms. The minimum absolute atomic E-state index is 0.574. The summed E-state index contributed by atoms with van der Waals surface area (Å²) in [5.41, 5.74) is 4.17. The number of pyridine rings is 1. The zero-order valence-corrected chi connectivity index (χ0v) is 15.6. The molecule has 0 fully saturated rings. The van der Waals surface area contributed by atoms with E-state index in [4.69, 9.17) is 9.51 Å². The van der Waals surface area contributed by atoms with Gasteiger partial charge in [0.05, 0.1) is 11.1 Å². The molecule has 2 aromatic heterocycles. The first-order valence-electron chi connectivity index (χ1n) is 9.25. The molecule has 0 aliphatic carbocycles. The summed E-state index contributed by atoms with van der Waals surface area (Å²) in [5, 5.41) is 8.71. The standard InChI is InChI=1S/C22H22N4O/c1-3-8-19-24-22(26-27-19)18-13-17-12-7-9-15(2)20(17)25-21(18)23-14-16-10-5-4-6-11-16/h4-7,9-13H,3,8,14H2,1-2H3,(H,23,25). The van der Waals surface area contributed by atoms with Crippen LogP contribution >= 0.6 is 0 Å². The highest BCUT2D eigenvalue weighted by Gasteiger charge is 2.16. The molecule has 136 valence electrons. The molecule has 0 aliphatic rings. The van der Waals surface area contributed by atoms with Crippen LogP contribution in [0.3, 0.4) is 0 Å². The van der Waals surface area contributed by atoms with Crippen LogP contribution in [0.2, 0.25) is 0 Å². The zero-order valence-electron chi connectivity index (χ0n) is 15.6. The molecular formula is C22H22N4O. The van der Waals surface area contributed by atoms with Crippen LogP contribution in [0.25, 0.3) is 22.3 Å². The van der Waals surface area contributed by atoms with E-state index in [0.717, 1.165) is 40.7 Å². The van der Waals surface area contributed by atoms with E-state index in [1.165, 1.54) is 5.56 Å². The van der Waals surface area contributed by atoms with Crippen molar-refractivity contribution in [2.75, 3.05) is 5.32 Å². The Bertz CT molecular complexity index is 1060. The van der Waals surface area contributed by atoms with E-state index in [-0.39, 0.29) is 0 Å². The smallest absolute Gasteiger partial charge is 0.226 e. The SMILES string of the molecule is CCCc1nc(-c2cc3cccc(C)c3nc2NCc2ccccc2)no1. The summed E-state index contributed by atoms with van der Waals surface area (Å²) in [6.07, 6.45) is 1.75. The molecule has 0 bridgehead atoms. The molecule has 5 nitrogen and oxygen atoms in total. The Labute approximate surface area is 158 Å². The van der Waals surface area contributed by atoms with Crippen molar-refractivity contribution in [2.45, 2.75) is 33.2 Å². The van der Waals surface area contributed by atoms with E-state index in [0.29, 0.717) is 18.3 Å². The second kappa shape index (κ2) is 7.58. The Morgan fingerprint density at radius 2 is 1.85 bits per heavy atom. The molecule has 0 saturated carbocycles. The summed E-state index contributed by atoms with van der Waals surface area (Å²) in [5.74, 6) is 2.00. The van der Waals surface area contributed by atoms with Gasteiger partial charge in [0, 0.05) is 18.4 Å². The largest absolute Gasteiger partial charge is 0.365 e. The van der Waals surface area contributed by atoms with E-state index in [9.17, 15) is 0 Å². The van der Waals surface area contributed by atoms with Gasteiger partial charge in [-0.2, -0.15) is 4.98 Å². The van der Waals surface area contributed by atoms with Gasteiger partial charge in [-0.1, -0.05) is 60.6 Å². The summed E-state index contributed by atoms with van der Waals surface area (Å²) in [4.78, 5) is 9.45. The highest BCUT2D eigenvalue weighted by molar-refractivity contribution is 5.89. The third-order valence-electron chi connectivity index (χ3n) is 4.52. The van der Waals surface area contributed by atoms with Crippen molar-refractivity contribution < 1.29 is 4.52 Å². The molecule has 27 heavy (non-hydrogen) atoms. The van der Waals surface area contributed by atoms with Gasteiger partial charge in [-0.25, -0.2) is 4.98 Å². The minimum atomic E-state index is 0.574. The molecular weight excluding hydrogens is 336 g/mol. The number of aromatic nitrogens is 3. The second-order valence-corrected chi connectivity index (χ2v) is 6.63. The molecule has 0 saturated heterocycles. The lowest BCUT2D eigenvalue weighted by molar-refractivity contribution is 0.378. The fourth-order valence-electron chi connectivity index (χ4n) is 3.11. The molecule has 0 aliphatic heterocycles. The highest BCUT2D eigenvalue weighted by Crippen LogP contribution is 2.30. The molecule has 0 atom stereocenters.